The number of rotatable bonds is 4. The van der Waals surface area contributed by atoms with Crippen molar-refractivity contribution >= 4 is 21.3 Å². The Balaban J connectivity index is 0.00000220. The van der Waals surface area contributed by atoms with E-state index in [0.29, 0.717) is 0 Å². The summed E-state index contributed by atoms with van der Waals surface area (Å²) in [6.45, 7) is 0.158. The quantitative estimate of drug-likeness (QED) is 0.412. The number of aromatic nitrogens is 4. The summed E-state index contributed by atoms with van der Waals surface area (Å²) in [5.41, 5.74) is -0.568. The molecule has 0 aromatic carbocycles. The molecule has 2 heterocycles. The van der Waals surface area contributed by atoms with Gasteiger partial charge in [0.15, 0.2) is 11.2 Å². The van der Waals surface area contributed by atoms with Crippen molar-refractivity contribution in [3.05, 3.63) is 27.2 Å². The molecule has 0 aliphatic carbocycles. The molecule has 0 saturated carbocycles. The van der Waals surface area contributed by atoms with Gasteiger partial charge >= 0.3 is 35.2 Å². The van der Waals surface area contributed by atoms with E-state index in [4.69, 9.17) is 0 Å². The van der Waals surface area contributed by atoms with Gasteiger partial charge in [-0.1, -0.05) is 0 Å². The number of nitrogens with zero attached hydrogens (tertiary/aromatic N) is 4. The van der Waals surface area contributed by atoms with Gasteiger partial charge in [-0.25, -0.2) is 18.2 Å². The molecule has 0 amide bonds. The summed E-state index contributed by atoms with van der Waals surface area (Å²) in [6.07, 6.45) is 1.42. The summed E-state index contributed by atoms with van der Waals surface area (Å²) in [4.78, 5) is 27.7. The Morgan fingerprint density at radius 3 is 2.43 bits per heavy atom. The van der Waals surface area contributed by atoms with Crippen LogP contribution in [0.15, 0.2) is 15.9 Å². The molecule has 9 nitrogen and oxygen atoms in total. The van der Waals surface area contributed by atoms with Gasteiger partial charge in [0.05, 0.1) is 16.4 Å². The van der Waals surface area contributed by atoms with E-state index in [1.165, 1.54) is 29.6 Å². The number of imidazole rings is 1. The minimum absolute atomic E-state index is 0. The number of fused-ring (bicyclic) bond motifs is 1. The van der Waals surface area contributed by atoms with Gasteiger partial charge in [-0.05, 0) is 6.42 Å². The van der Waals surface area contributed by atoms with Crippen molar-refractivity contribution in [1.82, 2.24) is 18.7 Å². The molecule has 0 aliphatic heterocycles. The Labute approximate surface area is 142 Å². The molecule has 2 aromatic heterocycles. The molecule has 0 spiro atoms. The molecule has 0 fully saturated rings. The van der Waals surface area contributed by atoms with Crippen LogP contribution in [0.25, 0.3) is 11.2 Å². The summed E-state index contributed by atoms with van der Waals surface area (Å²) in [5, 5.41) is 0. The van der Waals surface area contributed by atoms with Crippen LogP contribution in [0.1, 0.15) is 6.42 Å². The Kier molecular flexibility index (Phi) is 5.56. The van der Waals surface area contributed by atoms with Crippen molar-refractivity contribution in [2.45, 2.75) is 13.0 Å². The van der Waals surface area contributed by atoms with Crippen molar-refractivity contribution in [2.75, 3.05) is 5.75 Å². The molecule has 0 saturated heterocycles. The monoisotopic (exact) mass is 324 g/mol. The van der Waals surface area contributed by atoms with Crippen molar-refractivity contribution in [2.24, 2.45) is 14.1 Å². The number of aryl methyl sites for hydroxylation is 2. The topological polar surface area (TPSA) is 119 Å². The fourth-order valence-corrected chi connectivity index (χ4v) is 2.46. The van der Waals surface area contributed by atoms with Crippen LogP contribution in [0, 0.1) is 0 Å². The van der Waals surface area contributed by atoms with E-state index in [-0.39, 0.29) is 53.7 Å². The first-order chi connectivity index (χ1) is 9.22. The van der Waals surface area contributed by atoms with Gasteiger partial charge in [-0.3, -0.25) is 13.9 Å². The Hall–Kier alpha value is -0.940. The minimum Gasteiger partial charge on any atom is -0.748 e. The van der Waals surface area contributed by atoms with E-state index >= 15 is 0 Å². The third-order valence-corrected chi connectivity index (χ3v) is 3.80. The van der Waals surface area contributed by atoms with Crippen LogP contribution in [0.2, 0.25) is 0 Å². The normalized spacial score (nSPS) is 11.6. The van der Waals surface area contributed by atoms with Crippen LogP contribution in [0.5, 0.6) is 0 Å². The molecular formula is C10H13N4NaO5S. The molecule has 0 unspecified atom stereocenters. The van der Waals surface area contributed by atoms with E-state index in [2.05, 4.69) is 4.98 Å². The molecular weight excluding hydrogens is 311 g/mol. The maximum atomic E-state index is 12.1. The predicted octanol–water partition coefficient (Wildman–Crippen LogP) is -4.63. The van der Waals surface area contributed by atoms with Gasteiger partial charge in [0.25, 0.3) is 5.56 Å². The third-order valence-electron chi connectivity index (χ3n) is 3.01. The predicted molar refractivity (Wildman–Crippen MR) is 69.4 cm³/mol. The zero-order valence-corrected chi connectivity index (χ0v) is 14.8. The minimum atomic E-state index is -4.29. The maximum absolute atomic E-state index is 12.1. The molecule has 0 atom stereocenters. The van der Waals surface area contributed by atoms with E-state index in [9.17, 15) is 22.6 Å². The SMILES string of the molecule is Cn1c(=O)c2c(ncn2CCCS(=O)(=O)[O-])n(C)c1=O.[Na+]. The molecule has 0 N–H and O–H groups in total. The zero-order chi connectivity index (χ0) is 15.1. The molecule has 11 heteroatoms. The first-order valence-corrected chi connectivity index (χ1v) is 7.34. The molecule has 0 aliphatic rings. The molecule has 2 rings (SSSR count). The van der Waals surface area contributed by atoms with Crippen molar-refractivity contribution in [1.29, 1.82) is 0 Å². The summed E-state index contributed by atoms with van der Waals surface area (Å²) in [7, 11) is -1.45. The Morgan fingerprint density at radius 1 is 1.24 bits per heavy atom. The second kappa shape index (κ2) is 6.44. The van der Waals surface area contributed by atoms with Crippen LogP contribution in [0.4, 0.5) is 0 Å². The van der Waals surface area contributed by atoms with Crippen LogP contribution in [-0.4, -0.2) is 37.4 Å². The standard InChI is InChI=1S/C10H14N4O5S.Na/c1-12-8-7(9(15)13(2)10(12)16)14(6-11-8)4-3-5-20(17,18)19;/h6H,3-5H2,1-2H3,(H,17,18,19);/q;+1/p-1. The molecule has 21 heavy (non-hydrogen) atoms. The van der Waals surface area contributed by atoms with Crippen LogP contribution in [-0.2, 0) is 30.8 Å². The van der Waals surface area contributed by atoms with Gasteiger partial charge in [-0.2, -0.15) is 0 Å². The summed E-state index contributed by atoms with van der Waals surface area (Å²) in [6, 6.07) is 0. The molecule has 0 bridgehead atoms. The van der Waals surface area contributed by atoms with Crippen LogP contribution >= 0.6 is 0 Å². The number of hydrogen-bond acceptors (Lipinski definition) is 6. The maximum Gasteiger partial charge on any atom is 1.00 e. The average Bonchev–Trinajstić information content (AvgIpc) is 2.76. The van der Waals surface area contributed by atoms with E-state index < -0.39 is 27.1 Å². The van der Waals surface area contributed by atoms with Crippen molar-refractivity contribution in [3.8, 4) is 0 Å². The van der Waals surface area contributed by atoms with Gasteiger partial charge in [-0.15, -0.1) is 0 Å². The average molecular weight is 324 g/mol. The second-order valence-corrected chi connectivity index (χ2v) is 5.95. The largest absolute Gasteiger partial charge is 1.00 e. The van der Waals surface area contributed by atoms with E-state index in [1.807, 2.05) is 0 Å². The number of hydrogen-bond donors (Lipinski definition) is 0. The van der Waals surface area contributed by atoms with Crippen molar-refractivity contribution < 1.29 is 42.5 Å². The van der Waals surface area contributed by atoms with Gasteiger partial charge in [0.2, 0.25) is 0 Å². The molecule has 110 valence electrons. The first kappa shape index (κ1) is 18.1. The van der Waals surface area contributed by atoms with Gasteiger partial charge in [0.1, 0.15) is 0 Å². The second-order valence-electron chi connectivity index (χ2n) is 4.43. The zero-order valence-electron chi connectivity index (χ0n) is 11.9. The molecule has 0 radical (unpaired) electrons. The Morgan fingerprint density at radius 2 is 1.86 bits per heavy atom. The Bertz CT molecular complexity index is 879. The molecule has 2 aromatic rings. The summed E-state index contributed by atoms with van der Waals surface area (Å²) < 4.78 is 35.3. The fourth-order valence-electron chi connectivity index (χ4n) is 1.98. The third kappa shape index (κ3) is 3.64. The van der Waals surface area contributed by atoms with E-state index in [0.717, 1.165) is 4.57 Å². The summed E-state index contributed by atoms with van der Waals surface area (Å²) in [5.74, 6) is -0.515. The van der Waals surface area contributed by atoms with Gasteiger partial charge in [0, 0.05) is 26.4 Å². The fraction of sp³-hybridized carbons (Fsp3) is 0.500. The van der Waals surface area contributed by atoms with Crippen molar-refractivity contribution in [3.63, 3.8) is 0 Å². The van der Waals surface area contributed by atoms with E-state index in [1.54, 1.807) is 0 Å². The van der Waals surface area contributed by atoms with Gasteiger partial charge < -0.3 is 9.12 Å². The smallest absolute Gasteiger partial charge is 0.748 e. The first-order valence-electron chi connectivity index (χ1n) is 5.77. The van der Waals surface area contributed by atoms with Crippen LogP contribution < -0.4 is 40.8 Å². The summed E-state index contributed by atoms with van der Waals surface area (Å²) >= 11 is 0. The van der Waals surface area contributed by atoms with Crippen LogP contribution in [0.3, 0.4) is 0 Å².